The standard InChI is InChI=1S/C12H15BrN4O2/c1-3-19-11-5-9(13)8(4-10(11)18-2)6-14-12-15-7-16-17-12/h4-5,7H,3,6H2,1-2H3,(H2,14,15,16,17). The SMILES string of the molecule is CCOc1cc(Br)c(CNc2ncn[nH]2)cc1OC. The van der Waals surface area contributed by atoms with Crippen molar-refractivity contribution in [2.75, 3.05) is 19.0 Å². The van der Waals surface area contributed by atoms with Gasteiger partial charge in [0.2, 0.25) is 5.95 Å². The van der Waals surface area contributed by atoms with Crippen LogP contribution in [0.1, 0.15) is 12.5 Å². The van der Waals surface area contributed by atoms with Gasteiger partial charge in [0, 0.05) is 11.0 Å². The first-order valence-electron chi connectivity index (χ1n) is 5.83. The van der Waals surface area contributed by atoms with Crippen molar-refractivity contribution in [3.8, 4) is 11.5 Å². The van der Waals surface area contributed by atoms with Crippen LogP contribution in [-0.2, 0) is 6.54 Å². The molecule has 6 nitrogen and oxygen atoms in total. The maximum Gasteiger partial charge on any atom is 0.218 e. The van der Waals surface area contributed by atoms with Crippen molar-refractivity contribution in [2.24, 2.45) is 0 Å². The summed E-state index contributed by atoms with van der Waals surface area (Å²) in [6, 6.07) is 3.83. The van der Waals surface area contributed by atoms with Crippen molar-refractivity contribution in [3.63, 3.8) is 0 Å². The van der Waals surface area contributed by atoms with Gasteiger partial charge in [-0.05, 0) is 24.6 Å². The van der Waals surface area contributed by atoms with E-state index in [0.29, 0.717) is 24.8 Å². The molecule has 7 heteroatoms. The predicted molar refractivity (Wildman–Crippen MR) is 75.6 cm³/mol. The topological polar surface area (TPSA) is 72.1 Å². The van der Waals surface area contributed by atoms with Crippen LogP contribution in [0.15, 0.2) is 22.9 Å². The lowest BCUT2D eigenvalue weighted by atomic mass is 10.2. The van der Waals surface area contributed by atoms with Gasteiger partial charge in [-0.1, -0.05) is 15.9 Å². The van der Waals surface area contributed by atoms with Gasteiger partial charge in [0.15, 0.2) is 11.5 Å². The van der Waals surface area contributed by atoms with E-state index in [2.05, 4.69) is 36.4 Å². The molecule has 0 saturated carbocycles. The van der Waals surface area contributed by atoms with Crippen molar-refractivity contribution < 1.29 is 9.47 Å². The van der Waals surface area contributed by atoms with Crippen LogP contribution >= 0.6 is 15.9 Å². The van der Waals surface area contributed by atoms with Gasteiger partial charge in [-0.15, -0.1) is 0 Å². The number of anilines is 1. The molecule has 0 amide bonds. The number of rotatable bonds is 6. The minimum atomic E-state index is 0.596. The van der Waals surface area contributed by atoms with E-state index >= 15 is 0 Å². The highest BCUT2D eigenvalue weighted by Gasteiger charge is 2.10. The van der Waals surface area contributed by atoms with E-state index in [1.165, 1.54) is 6.33 Å². The number of methoxy groups -OCH3 is 1. The van der Waals surface area contributed by atoms with E-state index < -0.39 is 0 Å². The first kappa shape index (κ1) is 13.7. The Balaban J connectivity index is 2.16. The van der Waals surface area contributed by atoms with Gasteiger partial charge in [-0.2, -0.15) is 5.10 Å². The number of aromatic nitrogens is 3. The molecule has 0 saturated heterocycles. The van der Waals surface area contributed by atoms with Crippen LogP contribution in [0.2, 0.25) is 0 Å². The molecule has 0 spiro atoms. The molecule has 0 bridgehead atoms. The number of nitrogens with zero attached hydrogens (tertiary/aromatic N) is 2. The summed E-state index contributed by atoms with van der Waals surface area (Å²) in [5, 5.41) is 9.65. The van der Waals surface area contributed by atoms with Gasteiger partial charge in [0.05, 0.1) is 13.7 Å². The number of aromatic amines is 1. The van der Waals surface area contributed by atoms with E-state index in [9.17, 15) is 0 Å². The fourth-order valence-electron chi connectivity index (χ4n) is 1.61. The molecule has 0 aliphatic carbocycles. The lowest BCUT2D eigenvalue weighted by Crippen LogP contribution is -2.03. The molecule has 1 aromatic heterocycles. The second-order valence-electron chi connectivity index (χ2n) is 3.72. The lowest BCUT2D eigenvalue weighted by molar-refractivity contribution is 0.310. The molecule has 0 fully saturated rings. The summed E-state index contributed by atoms with van der Waals surface area (Å²) < 4.78 is 11.8. The zero-order valence-electron chi connectivity index (χ0n) is 10.7. The Labute approximate surface area is 119 Å². The third-order valence-corrected chi connectivity index (χ3v) is 3.23. The summed E-state index contributed by atoms with van der Waals surface area (Å²) in [5.41, 5.74) is 1.04. The predicted octanol–water partition coefficient (Wildman–Crippen LogP) is 2.59. The van der Waals surface area contributed by atoms with Gasteiger partial charge in [-0.3, -0.25) is 0 Å². The molecule has 0 atom stereocenters. The van der Waals surface area contributed by atoms with Crippen molar-refractivity contribution in [1.29, 1.82) is 0 Å². The highest BCUT2D eigenvalue weighted by atomic mass is 79.9. The summed E-state index contributed by atoms with van der Waals surface area (Å²) in [7, 11) is 1.62. The van der Waals surface area contributed by atoms with E-state index in [4.69, 9.17) is 9.47 Å². The second-order valence-corrected chi connectivity index (χ2v) is 4.57. The molecule has 1 heterocycles. The number of halogens is 1. The van der Waals surface area contributed by atoms with Crippen LogP contribution in [0, 0.1) is 0 Å². The first-order chi connectivity index (χ1) is 9.24. The summed E-state index contributed by atoms with van der Waals surface area (Å²) in [6.07, 6.45) is 1.45. The highest BCUT2D eigenvalue weighted by molar-refractivity contribution is 9.10. The first-order valence-corrected chi connectivity index (χ1v) is 6.62. The Bertz CT molecular complexity index is 531. The van der Waals surface area contributed by atoms with Crippen molar-refractivity contribution in [1.82, 2.24) is 15.2 Å². The molecule has 2 aromatic rings. The fraction of sp³-hybridized carbons (Fsp3) is 0.333. The third kappa shape index (κ3) is 3.37. The second kappa shape index (κ2) is 6.42. The van der Waals surface area contributed by atoms with Crippen LogP contribution < -0.4 is 14.8 Å². The van der Waals surface area contributed by atoms with Gasteiger partial charge in [-0.25, -0.2) is 10.1 Å². The van der Waals surface area contributed by atoms with Crippen LogP contribution in [0.3, 0.4) is 0 Å². The minimum Gasteiger partial charge on any atom is -0.493 e. The Kier molecular flexibility index (Phi) is 4.62. The van der Waals surface area contributed by atoms with Crippen LogP contribution in [0.25, 0.3) is 0 Å². The fourth-order valence-corrected chi connectivity index (χ4v) is 2.07. The molecule has 0 aliphatic heterocycles. The van der Waals surface area contributed by atoms with Gasteiger partial charge >= 0.3 is 0 Å². The maximum absolute atomic E-state index is 5.51. The van der Waals surface area contributed by atoms with Crippen LogP contribution in [-0.4, -0.2) is 28.9 Å². The zero-order valence-corrected chi connectivity index (χ0v) is 12.3. The maximum atomic E-state index is 5.51. The summed E-state index contributed by atoms with van der Waals surface area (Å²) in [6.45, 7) is 3.13. The van der Waals surface area contributed by atoms with Crippen molar-refractivity contribution in [3.05, 3.63) is 28.5 Å². The van der Waals surface area contributed by atoms with E-state index in [0.717, 1.165) is 15.8 Å². The van der Waals surface area contributed by atoms with E-state index in [-0.39, 0.29) is 0 Å². The Morgan fingerprint density at radius 1 is 1.37 bits per heavy atom. The highest BCUT2D eigenvalue weighted by Crippen LogP contribution is 2.33. The lowest BCUT2D eigenvalue weighted by Gasteiger charge is -2.13. The van der Waals surface area contributed by atoms with Crippen molar-refractivity contribution >= 4 is 21.9 Å². The number of H-pyrrole nitrogens is 1. The smallest absolute Gasteiger partial charge is 0.218 e. The number of ether oxygens (including phenoxy) is 2. The van der Waals surface area contributed by atoms with Gasteiger partial charge < -0.3 is 14.8 Å². The molecule has 0 radical (unpaired) electrons. The van der Waals surface area contributed by atoms with E-state index in [1.54, 1.807) is 7.11 Å². The molecule has 2 rings (SSSR count). The average molecular weight is 327 g/mol. The number of hydrogen-bond acceptors (Lipinski definition) is 5. The van der Waals surface area contributed by atoms with Crippen molar-refractivity contribution in [2.45, 2.75) is 13.5 Å². The third-order valence-electron chi connectivity index (χ3n) is 2.49. The average Bonchev–Trinajstić information content (AvgIpc) is 2.91. The molecule has 19 heavy (non-hydrogen) atoms. The summed E-state index contributed by atoms with van der Waals surface area (Å²) in [5.74, 6) is 2.06. The quantitative estimate of drug-likeness (QED) is 0.853. The Morgan fingerprint density at radius 3 is 2.84 bits per heavy atom. The number of benzene rings is 1. The number of hydrogen-bond donors (Lipinski definition) is 2. The molecule has 102 valence electrons. The van der Waals surface area contributed by atoms with Crippen LogP contribution in [0.5, 0.6) is 11.5 Å². The van der Waals surface area contributed by atoms with E-state index in [1.807, 2.05) is 19.1 Å². The minimum absolute atomic E-state index is 0.596. The number of nitrogens with one attached hydrogen (secondary N) is 2. The Hall–Kier alpha value is -1.76. The normalized spacial score (nSPS) is 10.3. The zero-order chi connectivity index (χ0) is 13.7. The molecular weight excluding hydrogens is 312 g/mol. The van der Waals surface area contributed by atoms with Gasteiger partial charge in [0.1, 0.15) is 6.33 Å². The molecule has 0 unspecified atom stereocenters. The molecule has 1 aromatic carbocycles. The molecule has 0 aliphatic rings. The largest absolute Gasteiger partial charge is 0.493 e. The van der Waals surface area contributed by atoms with Gasteiger partial charge in [0.25, 0.3) is 0 Å². The van der Waals surface area contributed by atoms with Crippen LogP contribution in [0.4, 0.5) is 5.95 Å². The monoisotopic (exact) mass is 326 g/mol. The molecular formula is C12H15BrN4O2. The summed E-state index contributed by atoms with van der Waals surface area (Å²) in [4.78, 5) is 4.00. The Morgan fingerprint density at radius 2 is 2.21 bits per heavy atom. The molecule has 2 N–H and O–H groups in total. The summed E-state index contributed by atoms with van der Waals surface area (Å²) >= 11 is 3.52.